The smallest absolute Gasteiger partial charge is 0.306 e. The average Bonchev–Trinajstić information content (AvgIpc) is 2.49. The number of hydrogen-bond donors (Lipinski definition) is 0. The molecule has 0 aromatic rings. The molecule has 1 heterocycles. The van der Waals surface area contributed by atoms with Gasteiger partial charge < -0.3 is 4.84 Å². The molecule has 7 heteroatoms. The Morgan fingerprint density at radius 2 is 2.00 bits per heavy atom. The van der Waals surface area contributed by atoms with E-state index in [9.17, 15) is 14.4 Å². The molecular formula is C9H8N2O4S. The normalized spacial score (nSPS) is 14.1. The van der Waals surface area contributed by atoms with Gasteiger partial charge in [-0.3, -0.25) is 14.5 Å². The lowest BCUT2D eigenvalue weighted by atomic mass is 10.2. The third-order valence-electron chi connectivity index (χ3n) is 1.82. The van der Waals surface area contributed by atoms with Crippen LogP contribution >= 0.6 is 0 Å². The van der Waals surface area contributed by atoms with Crippen molar-refractivity contribution in [1.82, 2.24) is 4.90 Å². The van der Waals surface area contributed by atoms with Gasteiger partial charge in [-0.25, -0.2) is 4.79 Å². The molecule has 16 heavy (non-hydrogen) atoms. The summed E-state index contributed by atoms with van der Waals surface area (Å²) in [6.07, 6.45) is 2.18. The van der Waals surface area contributed by atoms with Crippen molar-refractivity contribution in [3.63, 3.8) is 0 Å². The molecule has 0 saturated carbocycles. The first-order valence-electron chi connectivity index (χ1n) is 4.27. The Labute approximate surface area is 96.7 Å². The summed E-state index contributed by atoms with van der Waals surface area (Å²) in [5, 5.41) is 0. The molecule has 0 N–H and O–H groups in total. The van der Waals surface area contributed by atoms with Gasteiger partial charge in [0, 0.05) is 12.2 Å². The Kier molecular flexibility index (Phi) is 4.01. The van der Waals surface area contributed by atoms with Crippen molar-refractivity contribution in [1.29, 1.82) is 0 Å². The molecule has 84 valence electrons. The van der Waals surface area contributed by atoms with Crippen molar-refractivity contribution in [3.05, 3.63) is 24.3 Å². The molecule has 0 unspecified atom stereocenters. The molecule has 0 atom stereocenters. The topological polar surface area (TPSA) is 76.0 Å². The molecule has 0 aromatic carbocycles. The van der Waals surface area contributed by atoms with E-state index in [1.54, 1.807) is 0 Å². The van der Waals surface area contributed by atoms with Gasteiger partial charge in [0.25, 0.3) is 11.8 Å². The number of nitrogens with zero attached hydrogens (tertiary/aromatic N) is 2. The first-order chi connectivity index (χ1) is 7.54. The summed E-state index contributed by atoms with van der Waals surface area (Å²) < 4.78 is 2.78. The second kappa shape index (κ2) is 5.26. The van der Waals surface area contributed by atoms with Gasteiger partial charge in [0.15, 0.2) is 0 Å². The SMILES string of the molecule is C=C(CC(=O)ON=S)CN1C(=O)C=CC1=O. The molecule has 1 aliphatic heterocycles. The lowest BCUT2D eigenvalue weighted by Gasteiger charge is -2.14. The van der Waals surface area contributed by atoms with E-state index < -0.39 is 17.8 Å². The summed E-state index contributed by atoms with van der Waals surface area (Å²) >= 11 is 4.09. The number of amides is 2. The molecule has 0 aliphatic carbocycles. The Hall–Kier alpha value is -1.89. The van der Waals surface area contributed by atoms with E-state index in [2.05, 4.69) is 28.4 Å². The van der Waals surface area contributed by atoms with E-state index in [0.29, 0.717) is 5.57 Å². The fourth-order valence-corrected chi connectivity index (χ4v) is 1.23. The molecule has 2 amide bonds. The summed E-state index contributed by atoms with van der Waals surface area (Å²) in [6.45, 7) is 3.54. The van der Waals surface area contributed by atoms with Crippen LogP contribution in [0.3, 0.4) is 0 Å². The van der Waals surface area contributed by atoms with Crippen molar-refractivity contribution in [2.75, 3.05) is 6.54 Å². The lowest BCUT2D eigenvalue weighted by Crippen LogP contribution is -2.32. The lowest BCUT2D eigenvalue weighted by molar-refractivity contribution is -0.143. The van der Waals surface area contributed by atoms with E-state index in [4.69, 9.17) is 0 Å². The van der Waals surface area contributed by atoms with Crippen LogP contribution in [-0.2, 0) is 31.6 Å². The second-order valence-corrected chi connectivity index (χ2v) is 3.21. The predicted octanol–water partition coefficient (Wildman–Crippen LogP) is 0.0464. The molecule has 0 saturated heterocycles. The molecule has 0 aromatic heterocycles. The predicted molar refractivity (Wildman–Crippen MR) is 55.5 cm³/mol. The standard InChI is InChI=1S/C9H8N2O4S/c1-6(4-9(14)15-10-16)5-11-7(12)2-3-8(11)13/h2-3H,1,4-5H2. The fourth-order valence-electron chi connectivity index (χ4n) is 1.14. The summed E-state index contributed by atoms with van der Waals surface area (Å²) in [7, 11) is 0. The van der Waals surface area contributed by atoms with Gasteiger partial charge in [0.05, 0.1) is 25.4 Å². The largest absolute Gasteiger partial charge is 0.340 e. The maximum absolute atomic E-state index is 11.2. The van der Waals surface area contributed by atoms with Crippen molar-refractivity contribution in [2.24, 2.45) is 4.53 Å². The van der Waals surface area contributed by atoms with Crippen molar-refractivity contribution >= 4 is 30.2 Å². The number of hydrogen-bond acceptors (Lipinski definition) is 6. The van der Waals surface area contributed by atoms with E-state index >= 15 is 0 Å². The Morgan fingerprint density at radius 3 is 2.50 bits per heavy atom. The van der Waals surface area contributed by atoms with Crippen LogP contribution < -0.4 is 0 Å². The van der Waals surface area contributed by atoms with E-state index in [1.807, 2.05) is 0 Å². The van der Waals surface area contributed by atoms with Crippen LogP contribution in [-0.4, -0.2) is 29.2 Å². The van der Waals surface area contributed by atoms with Gasteiger partial charge in [-0.05, 0) is 10.1 Å². The van der Waals surface area contributed by atoms with Gasteiger partial charge in [-0.2, -0.15) is 0 Å². The number of carbonyl (C=O) groups is 3. The van der Waals surface area contributed by atoms with E-state index in [-0.39, 0.29) is 13.0 Å². The minimum absolute atomic E-state index is 0.0167. The van der Waals surface area contributed by atoms with Crippen LogP contribution in [0.2, 0.25) is 0 Å². The van der Waals surface area contributed by atoms with Crippen LogP contribution in [0.4, 0.5) is 0 Å². The third kappa shape index (κ3) is 3.06. The van der Waals surface area contributed by atoms with E-state index in [1.165, 1.54) is 0 Å². The zero-order valence-corrected chi connectivity index (χ0v) is 9.03. The minimum Gasteiger partial charge on any atom is -0.306 e. The molecule has 6 nitrogen and oxygen atoms in total. The Balaban J connectivity index is 2.46. The van der Waals surface area contributed by atoms with Gasteiger partial charge in [-0.15, -0.1) is 0 Å². The first-order valence-corrected chi connectivity index (χ1v) is 4.64. The quantitative estimate of drug-likeness (QED) is 0.385. The molecular weight excluding hydrogens is 232 g/mol. The molecule has 0 fully saturated rings. The van der Waals surface area contributed by atoms with Crippen molar-refractivity contribution < 1.29 is 19.2 Å². The van der Waals surface area contributed by atoms with Gasteiger partial charge in [0.2, 0.25) is 0 Å². The van der Waals surface area contributed by atoms with Crippen molar-refractivity contribution in [3.8, 4) is 0 Å². The second-order valence-electron chi connectivity index (χ2n) is 3.06. The molecule has 1 aliphatic rings. The maximum Gasteiger partial charge on any atom is 0.340 e. The maximum atomic E-state index is 11.2. The van der Waals surface area contributed by atoms with Crippen LogP contribution in [0.15, 0.2) is 28.8 Å². The third-order valence-corrected chi connectivity index (χ3v) is 1.89. The fraction of sp³-hybridized carbons (Fsp3) is 0.222. The molecule has 0 spiro atoms. The highest BCUT2D eigenvalue weighted by atomic mass is 32.1. The summed E-state index contributed by atoms with van der Waals surface area (Å²) in [6, 6.07) is 0. The highest BCUT2D eigenvalue weighted by Crippen LogP contribution is 2.09. The zero-order valence-electron chi connectivity index (χ0n) is 8.21. The Morgan fingerprint density at radius 1 is 1.44 bits per heavy atom. The van der Waals surface area contributed by atoms with Crippen molar-refractivity contribution in [2.45, 2.75) is 6.42 Å². The van der Waals surface area contributed by atoms with Crippen LogP contribution in [0, 0.1) is 0 Å². The molecule has 0 radical (unpaired) electrons. The first kappa shape index (κ1) is 12.2. The summed E-state index contributed by atoms with van der Waals surface area (Å²) in [4.78, 5) is 38.4. The minimum atomic E-state index is -0.674. The van der Waals surface area contributed by atoms with E-state index in [0.717, 1.165) is 17.1 Å². The Bertz CT molecular complexity index is 384. The summed E-state index contributed by atoms with van der Waals surface area (Å²) in [5.41, 5.74) is 0.369. The monoisotopic (exact) mass is 240 g/mol. The van der Waals surface area contributed by atoms with Gasteiger partial charge in [-0.1, -0.05) is 6.58 Å². The number of imide groups is 1. The van der Waals surface area contributed by atoms with Crippen LogP contribution in [0.1, 0.15) is 6.42 Å². The summed E-state index contributed by atoms with van der Waals surface area (Å²) in [5.74, 6) is -1.52. The van der Waals surface area contributed by atoms with Crippen LogP contribution in [0.5, 0.6) is 0 Å². The molecule has 0 bridgehead atoms. The molecule has 1 rings (SSSR count). The average molecular weight is 240 g/mol. The van der Waals surface area contributed by atoms with Gasteiger partial charge >= 0.3 is 5.97 Å². The highest BCUT2D eigenvalue weighted by molar-refractivity contribution is 7.47. The van der Waals surface area contributed by atoms with Gasteiger partial charge in [0.1, 0.15) is 0 Å². The zero-order chi connectivity index (χ0) is 12.1. The van der Waals surface area contributed by atoms with Crippen LogP contribution in [0.25, 0.3) is 0 Å². The highest BCUT2D eigenvalue weighted by Gasteiger charge is 2.24. The number of carbonyl (C=O) groups excluding carboxylic acids is 3. The number of rotatable bonds is 5.